The van der Waals surface area contributed by atoms with E-state index >= 15 is 0 Å². The van der Waals surface area contributed by atoms with Crippen molar-refractivity contribution in [2.75, 3.05) is 38.5 Å². The Morgan fingerprint density at radius 2 is 1.84 bits per heavy atom. The third-order valence-corrected chi connectivity index (χ3v) is 8.21. The standard InChI is InChI=1S/C26H31N7O3S/c1-18-21(25(35)32-13-14-37-26(32)28-18)6-8-30-9-11-31(12-10-30)16-23-29-22-3-2-7-27-24(22)33(23)15-19-4-5-20(17-34)36-19/h2-5,7,34H,6,8-17H2,1H3. The van der Waals surface area contributed by atoms with E-state index in [0.29, 0.717) is 12.3 Å². The highest BCUT2D eigenvalue weighted by atomic mass is 32.2. The van der Waals surface area contributed by atoms with Gasteiger partial charge in [-0.2, -0.15) is 0 Å². The van der Waals surface area contributed by atoms with E-state index in [0.717, 1.165) is 97.1 Å². The molecule has 2 aliphatic heterocycles. The van der Waals surface area contributed by atoms with Crippen molar-refractivity contribution in [2.24, 2.45) is 0 Å². The van der Waals surface area contributed by atoms with Crippen molar-refractivity contribution < 1.29 is 9.52 Å². The van der Waals surface area contributed by atoms with Crippen LogP contribution in [-0.4, -0.2) is 77.5 Å². The maximum absolute atomic E-state index is 12.9. The molecule has 10 nitrogen and oxygen atoms in total. The highest BCUT2D eigenvalue weighted by Crippen LogP contribution is 2.23. The first-order chi connectivity index (χ1) is 18.1. The van der Waals surface area contributed by atoms with Crippen LogP contribution in [0.3, 0.4) is 0 Å². The quantitative estimate of drug-likeness (QED) is 0.348. The van der Waals surface area contributed by atoms with Crippen LogP contribution in [0.4, 0.5) is 0 Å². The third-order valence-electron chi connectivity index (χ3n) is 7.26. The van der Waals surface area contributed by atoms with Gasteiger partial charge in [0.15, 0.2) is 10.8 Å². The van der Waals surface area contributed by atoms with E-state index in [1.807, 2.05) is 29.7 Å². The third kappa shape index (κ3) is 4.96. The van der Waals surface area contributed by atoms with Gasteiger partial charge in [0, 0.05) is 62.5 Å². The van der Waals surface area contributed by atoms with Gasteiger partial charge in [0.05, 0.1) is 13.1 Å². The molecular weight excluding hydrogens is 490 g/mol. The van der Waals surface area contributed by atoms with Crippen molar-refractivity contribution in [3.8, 4) is 0 Å². The summed E-state index contributed by atoms with van der Waals surface area (Å²) in [6, 6.07) is 7.58. The lowest BCUT2D eigenvalue weighted by Crippen LogP contribution is -2.47. The highest BCUT2D eigenvalue weighted by Gasteiger charge is 2.23. The smallest absolute Gasteiger partial charge is 0.257 e. The summed E-state index contributed by atoms with van der Waals surface area (Å²) in [5.74, 6) is 3.21. The van der Waals surface area contributed by atoms with E-state index in [2.05, 4.69) is 24.3 Å². The maximum atomic E-state index is 12.9. The minimum absolute atomic E-state index is 0.114. The van der Waals surface area contributed by atoms with Gasteiger partial charge in [-0.25, -0.2) is 15.0 Å². The number of furan rings is 1. The number of piperazine rings is 1. The van der Waals surface area contributed by atoms with E-state index in [4.69, 9.17) is 9.40 Å². The fourth-order valence-corrected chi connectivity index (χ4v) is 6.17. The van der Waals surface area contributed by atoms with Crippen LogP contribution in [-0.2, 0) is 32.7 Å². The van der Waals surface area contributed by atoms with Crippen molar-refractivity contribution in [1.82, 2.24) is 33.9 Å². The summed E-state index contributed by atoms with van der Waals surface area (Å²) in [5.41, 5.74) is 3.58. The molecule has 0 radical (unpaired) electrons. The fraction of sp³-hybridized carbons (Fsp3) is 0.462. The largest absolute Gasteiger partial charge is 0.462 e. The van der Waals surface area contributed by atoms with Crippen molar-refractivity contribution in [3.05, 3.63) is 69.4 Å². The Balaban J connectivity index is 1.10. The Morgan fingerprint density at radius 1 is 1.03 bits per heavy atom. The number of aromatic nitrogens is 5. The molecule has 0 atom stereocenters. The molecule has 37 heavy (non-hydrogen) atoms. The molecule has 194 valence electrons. The molecule has 6 heterocycles. The summed E-state index contributed by atoms with van der Waals surface area (Å²) >= 11 is 1.67. The average Bonchev–Trinajstić information content (AvgIpc) is 3.64. The van der Waals surface area contributed by atoms with Crippen molar-refractivity contribution in [3.63, 3.8) is 0 Å². The predicted molar refractivity (Wildman–Crippen MR) is 141 cm³/mol. The number of imidazole rings is 1. The number of thioether (sulfide) groups is 1. The number of aliphatic hydroxyl groups excluding tert-OH is 1. The monoisotopic (exact) mass is 521 g/mol. The SMILES string of the molecule is Cc1nc2n(c(=O)c1CCN1CCN(Cc3nc4cccnc4n3Cc3ccc(CO)o3)CC1)CCS2. The Bertz CT molecular complexity index is 1470. The lowest BCUT2D eigenvalue weighted by molar-refractivity contribution is 0.125. The van der Waals surface area contributed by atoms with E-state index in [9.17, 15) is 9.90 Å². The average molecular weight is 522 g/mol. The Labute approximate surface area is 218 Å². The fourth-order valence-electron chi connectivity index (χ4n) is 5.18. The number of aliphatic hydroxyl groups is 1. The van der Waals surface area contributed by atoms with Gasteiger partial charge >= 0.3 is 0 Å². The van der Waals surface area contributed by atoms with Gasteiger partial charge in [-0.15, -0.1) is 0 Å². The zero-order valence-corrected chi connectivity index (χ0v) is 21.8. The lowest BCUT2D eigenvalue weighted by atomic mass is 10.1. The number of hydrogen-bond donors (Lipinski definition) is 1. The first-order valence-electron chi connectivity index (χ1n) is 12.8. The van der Waals surface area contributed by atoms with E-state index in [-0.39, 0.29) is 12.2 Å². The molecule has 4 aromatic rings. The number of rotatable bonds is 8. The van der Waals surface area contributed by atoms with E-state index < -0.39 is 0 Å². The van der Waals surface area contributed by atoms with Crippen molar-refractivity contribution >= 4 is 22.9 Å². The molecule has 1 N–H and O–H groups in total. The van der Waals surface area contributed by atoms with Gasteiger partial charge < -0.3 is 19.0 Å². The molecule has 1 saturated heterocycles. The molecule has 0 spiro atoms. The minimum atomic E-state index is -0.114. The summed E-state index contributed by atoms with van der Waals surface area (Å²) in [4.78, 5) is 31.9. The van der Waals surface area contributed by atoms with Crippen LogP contribution in [0, 0.1) is 6.92 Å². The second-order valence-electron chi connectivity index (χ2n) is 9.62. The molecule has 1 fully saturated rings. The van der Waals surface area contributed by atoms with Crippen LogP contribution < -0.4 is 5.56 Å². The van der Waals surface area contributed by atoms with Crippen molar-refractivity contribution in [1.29, 1.82) is 0 Å². The summed E-state index contributed by atoms with van der Waals surface area (Å²) in [6.45, 7) is 8.49. The number of nitrogens with zero attached hydrogens (tertiary/aromatic N) is 7. The predicted octanol–water partition coefficient (Wildman–Crippen LogP) is 1.90. The normalized spacial score (nSPS) is 16.6. The first kappa shape index (κ1) is 24.4. The Kier molecular flexibility index (Phi) is 6.85. The van der Waals surface area contributed by atoms with E-state index in [1.165, 1.54) is 0 Å². The number of fused-ring (bicyclic) bond motifs is 2. The van der Waals surface area contributed by atoms with Gasteiger partial charge in [0.1, 0.15) is 29.5 Å². The molecule has 0 unspecified atom stereocenters. The number of hydrogen-bond acceptors (Lipinski definition) is 9. The zero-order valence-electron chi connectivity index (χ0n) is 21.0. The minimum Gasteiger partial charge on any atom is -0.462 e. The van der Waals surface area contributed by atoms with E-state index in [1.54, 1.807) is 24.0 Å². The van der Waals surface area contributed by atoms with Gasteiger partial charge in [-0.3, -0.25) is 14.3 Å². The summed E-state index contributed by atoms with van der Waals surface area (Å²) < 4.78 is 9.68. The van der Waals surface area contributed by atoms with Crippen LogP contribution in [0.15, 0.2) is 44.8 Å². The number of pyridine rings is 1. The summed E-state index contributed by atoms with van der Waals surface area (Å²) in [5, 5.41) is 10.2. The molecule has 0 saturated carbocycles. The molecule has 4 aromatic heterocycles. The molecule has 0 bridgehead atoms. The topological polar surface area (TPSA) is 105 Å². The number of aryl methyl sites for hydroxylation is 1. The highest BCUT2D eigenvalue weighted by molar-refractivity contribution is 7.99. The Morgan fingerprint density at radius 3 is 2.65 bits per heavy atom. The van der Waals surface area contributed by atoms with Gasteiger partial charge in [-0.05, 0) is 37.6 Å². The summed E-state index contributed by atoms with van der Waals surface area (Å²) in [6.07, 6.45) is 2.52. The molecule has 0 aliphatic carbocycles. The van der Waals surface area contributed by atoms with Crippen LogP contribution >= 0.6 is 11.8 Å². The van der Waals surface area contributed by atoms with Gasteiger partial charge in [0.2, 0.25) is 0 Å². The molecule has 0 aromatic carbocycles. The maximum Gasteiger partial charge on any atom is 0.257 e. The second kappa shape index (κ2) is 10.4. The van der Waals surface area contributed by atoms with Gasteiger partial charge in [0.25, 0.3) is 5.56 Å². The van der Waals surface area contributed by atoms with Crippen LogP contribution in [0.2, 0.25) is 0 Å². The molecule has 0 amide bonds. The Hall–Kier alpha value is -2.99. The second-order valence-corrected chi connectivity index (χ2v) is 10.7. The van der Waals surface area contributed by atoms with Crippen LogP contribution in [0.25, 0.3) is 11.2 Å². The molecule has 2 aliphatic rings. The zero-order chi connectivity index (χ0) is 25.4. The molecule has 6 rings (SSSR count). The van der Waals surface area contributed by atoms with Crippen molar-refractivity contribution in [2.45, 2.75) is 44.7 Å². The first-order valence-corrected chi connectivity index (χ1v) is 13.7. The lowest BCUT2D eigenvalue weighted by Gasteiger charge is -2.34. The van der Waals surface area contributed by atoms with Crippen LogP contribution in [0.5, 0.6) is 0 Å². The summed E-state index contributed by atoms with van der Waals surface area (Å²) in [7, 11) is 0. The molecule has 11 heteroatoms. The molecular formula is C26H31N7O3S. The van der Waals surface area contributed by atoms with Crippen LogP contribution in [0.1, 0.15) is 28.6 Å². The van der Waals surface area contributed by atoms with Gasteiger partial charge in [-0.1, -0.05) is 11.8 Å².